The molecule has 2 amide bonds. The Morgan fingerprint density at radius 3 is 2.53 bits per heavy atom. The standard InChI is InChI=1S/C23H25N3O5S/c1-2-22(27)26-11-8-19(9-12-26)32(29,30)18-5-3-16(4-6-18)14-25-23(28)20-13-17-7-10-24-15-21(17)31-20/h3-7,10,13,15,19H,2,8-9,11-12,14H2,1H3,(H,25,28). The van der Waals surface area contributed by atoms with E-state index in [0.717, 1.165) is 10.9 Å². The van der Waals surface area contributed by atoms with Gasteiger partial charge in [0.1, 0.15) is 0 Å². The fraction of sp³-hybridized carbons (Fsp3) is 0.348. The molecule has 1 aromatic carbocycles. The molecule has 0 aliphatic carbocycles. The van der Waals surface area contributed by atoms with Gasteiger partial charge in [-0.15, -0.1) is 0 Å². The van der Waals surface area contributed by atoms with Crippen molar-refractivity contribution in [2.75, 3.05) is 13.1 Å². The molecular weight excluding hydrogens is 430 g/mol. The number of likely N-dealkylation sites (tertiary alicyclic amines) is 1. The highest BCUT2D eigenvalue weighted by Gasteiger charge is 2.32. The topological polar surface area (TPSA) is 110 Å². The number of carbonyl (C=O) groups is 2. The highest BCUT2D eigenvalue weighted by Crippen LogP contribution is 2.25. The van der Waals surface area contributed by atoms with Crippen molar-refractivity contribution in [3.63, 3.8) is 0 Å². The van der Waals surface area contributed by atoms with Gasteiger partial charge >= 0.3 is 0 Å². The number of carbonyl (C=O) groups excluding carboxylic acids is 2. The lowest BCUT2D eigenvalue weighted by atomic mass is 10.1. The van der Waals surface area contributed by atoms with Crippen LogP contribution in [0.5, 0.6) is 0 Å². The highest BCUT2D eigenvalue weighted by molar-refractivity contribution is 7.92. The molecule has 3 heterocycles. The maximum atomic E-state index is 13.0. The van der Waals surface area contributed by atoms with Gasteiger partial charge in [-0.2, -0.15) is 0 Å². The van der Waals surface area contributed by atoms with E-state index in [1.807, 2.05) is 6.92 Å². The average molecular weight is 456 g/mol. The normalized spacial score (nSPS) is 15.1. The van der Waals surface area contributed by atoms with Crippen molar-refractivity contribution in [3.05, 3.63) is 60.1 Å². The fourth-order valence-corrected chi connectivity index (χ4v) is 5.63. The van der Waals surface area contributed by atoms with Crippen molar-refractivity contribution in [1.29, 1.82) is 0 Å². The van der Waals surface area contributed by atoms with Gasteiger partial charge in [-0.05, 0) is 42.7 Å². The minimum absolute atomic E-state index is 0.0616. The number of amides is 2. The number of rotatable bonds is 6. The number of fused-ring (bicyclic) bond motifs is 1. The number of hydrogen-bond donors (Lipinski definition) is 1. The zero-order valence-electron chi connectivity index (χ0n) is 17.8. The number of furan rings is 1. The first-order chi connectivity index (χ1) is 15.4. The molecule has 2 aromatic heterocycles. The van der Waals surface area contributed by atoms with Crippen molar-refractivity contribution in [2.45, 2.75) is 42.9 Å². The molecule has 0 unspecified atom stereocenters. The molecule has 0 saturated carbocycles. The highest BCUT2D eigenvalue weighted by atomic mass is 32.2. The maximum Gasteiger partial charge on any atom is 0.287 e. The first-order valence-electron chi connectivity index (χ1n) is 10.6. The van der Waals surface area contributed by atoms with Gasteiger partial charge in [-0.25, -0.2) is 8.42 Å². The Hall–Kier alpha value is -3.20. The van der Waals surface area contributed by atoms with Gasteiger partial charge in [0.05, 0.1) is 16.3 Å². The Balaban J connectivity index is 1.36. The van der Waals surface area contributed by atoms with Crippen molar-refractivity contribution >= 4 is 32.6 Å². The number of sulfone groups is 1. The molecule has 0 radical (unpaired) electrons. The van der Waals surface area contributed by atoms with E-state index < -0.39 is 15.1 Å². The van der Waals surface area contributed by atoms with Crippen LogP contribution in [0.2, 0.25) is 0 Å². The van der Waals surface area contributed by atoms with Crippen molar-refractivity contribution in [3.8, 4) is 0 Å². The molecule has 1 saturated heterocycles. The Morgan fingerprint density at radius 2 is 1.88 bits per heavy atom. The third-order valence-corrected chi connectivity index (χ3v) is 8.07. The maximum absolute atomic E-state index is 13.0. The lowest BCUT2D eigenvalue weighted by Crippen LogP contribution is -2.42. The van der Waals surface area contributed by atoms with Gasteiger partial charge in [-0.3, -0.25) is 14.6 Å². The largest absolute Gasteiger partial charge is 0.449 e. The van der Waals surface area contributed by atoms with Crippen LogP contribution >= 0.6 is 0 Å². The second kappa shape index (κ2) is 9.12. The van der Waals surface area contributed by atoms with E-state index in [4.69, 9.17) is 4.42 Å². The van der Waals surface area contributed by atoms with E-state index in [0.29, 0.717) is 37.9 Å². The van der Waals surface area contributed by atoms with Crippen LogP contribution < -0.4 is 5.32 Å². The molecule has 4 rings (SSSR count). The number of pyridine rings is 1. The summed E-state index contributed by atoms with van der Waals surface area (Å²) in [6.07, 6.45) is 4.50. The molecule has 1 fully saturated rings. The summed E-state index contributed by atoms with van der Waals surface area (Å²) < 4.78 is 31.5. The summed E-state index contributed by atoms with van der Waals surface area (Å²) in [5.74, 6) is -0.0991. The van der Waals surface area contributed by atoms with E-state index in [1.54, 1.807) is 53.7 Å². The monoisotopic (exact) mass is 455 g/mol. The van der Waals surface area contributed by atoms with Crippen LogP contribution in [0.15, 0.2) is 58.1 Å². The molecule has 1 aliphatic heterocycles. The summed E-state index contributed by atoms with van der Waals surface area (Å²) in [6.45, 7) is 2.99. The van der Waals surface area contributed by atoms with E-state index in [1.165, 1.54) is 0 Å². The molecule has 0 atom stereocenters. The second-order valence-electron chi connectivity index (χ2n) is 7.83. The van der Waals surface area contributed by atoms with Gasteiger partial charge < -0.3 is 14.6 Å². The van der Waals surface area contributed by atoms with E-state index >= 15 is 0 Å². The molecule has 0 bridgehead atoms. The number of benzene rings is 1. The third-order valence-electron chi connectivity index (χ3n) is 5.79. The second-order valence-corrected chi connectivity index (χ2v) is 10.1. The van der Waals surface area contributed by atoms with E-state index in [2.05, 4.69) is 10.3 Å². The van der Waals surface area contributed by atoms with Gasteiger partial charge in [-0.1, -0.05) is 19.1 Å². The summed E-state index contributed by atoms with van der Waals surface area (Å²) in [5, 5.41) is 3.09. The van der Waals surface area contributed by atoms with Gasteiger partial charge in [0, 0.05) is 37.6 Å². The Kier molecular flexibility index (Phi) is 6.27. The minimum Gasteiger partial charge on any atom is -0.449 e. The number of aromatic nitrogens is 1. The smallest absolute Gasteiger partial charge is 0.287 e. The predicted molar refractivity (Wildman–Crippen MR) is 119 cm³/mol. The Morgan fingerprint density at radius 1 is 1.16 bits per heavy atom. The van der Waals surface area contributed by atoms with Crippen LogP contribution in [0.1, 0.15) is 42.3 Å². The first-order valence-corrected chi connectivity index (χ1v) is 12.2. The van der Waals surface area contributed by atoms with Crippen LogP contribution in [-0.4, -0.2) is 48.5 Å². The van der Waals surface area contributed by atoms with Crippen LogP contribution in [-0.2, 0) is 21.2 Å². The third kappa shape index (κ3) is 4.52. The molecule has 168 valence electrons. The summed E-state index contributed by atoms with van der Waals surface area (Å²) in [7, 11) is -3.47. The van der Waals surface area contributed by atoms with Crippen molar-refractivity contribution in [2.24, 2.45) is 0 Å². The van der Waals surface area contributed by atoms with Gasteiger partial charge in [0.2, 0.25) is 5.91 Å². The molecule has 8 nitrogen and oxygen atoms in total. The summed E-state index contributed by atoms with van der Waals surface area (Å²) in [5.41, 5.74) is 1.32. The van der Waals surface area contributed by atoms with E-state index in [-0.39, 0.29) is 29.0 Å². The van der Waals surface area contributed by atoms with Crippen LogP contribution in [0.3, 0.4) is 0 Å². The summed E-state index contributed by atoms with van der Waals surface area (Å²) >= 11 is 0. The molecule has 32 heavy (non-hydrogen) atoms. The number of nitrogens with zero attached hydrogens (tertiary/aromatic N) is 2. The average Bonchev–Trinajstić information content (AvgIpc) is 3.27. The zero-order chi connectivity index (χ0) is 22.7. The molecular formula is C23H25N3O5S. The lowest BCUT2D eigenvalue weighted by molar-refractivity contribution is -0.131. The van der Waals surface area contributed by atoms with Crippen LogP contribution in [0, 0.1) is 0 Å². The fourth-order valence-electron chi connectivity index (χ4n) is 3.89. The first kappa shape index (κ1) is 22.0. The molecule has 3 aromatic rings. The summed E-state index contributed by atoms with van der Waals surface area (Å²) in [6, 6.07) is 9.97. The van der Waals surface area contributed by atoms with Gasteiger partial charge in [0.15, 0.2) is 21.2 Å². The predicted octanol–water partition coefficient (Wildman–Crippen LogP) is 2.93. The minimum atomic E-state index is -3.47. The molecule has 0 spiro atoms. The quantitative estimate of drug-likeness (QED) is 0.612. The van der Waals surface area contributed by atoms with Gasteiger partial charge in [0.25, 0.3) is 5.91 Å². The lowest BCUT2D eigenvalue weighted by Gasteiger charge is -2.31. The summed E-state index contributed by atoms with van der Waals surface area (Å²) in [4.78, 5) is 30.1. The molecule has 1 aliphatic rings. The Bertz CT molecular complexity index is 1190. The van der Waals surface area contributed by atoms with E-state index in [9.17, 15) is 18.0 Å². The molecule has 1 N–H and O–H groups in total. The SMILES string of the molecule is CCC(=O)N1CCC(S(=O)(=O)c2ccc(CNC(=O)c3cc4ccncc4o3)cc2)CC1. The van der Waals surface area contributed by atoms with Crippen LogP contribution in [0.4, 0.5) is 0 Å². The molecule has 9 heteroatoms. The van der Waals surface area contributed by atoms with Crippen molar-refractivity contribution < 1.29 is 22.4 Å². The number of hydrogen-bond acceptors (Lipinski definition) is 6. The van der Waals surface area contributed by atoms with Crippen LogP contribution in [0.25, 0.3) is 11.0 Å². The van der Waals surface area contributed by atoms with Crippen molar-refractivity contribution in [1.82, 2.24) is 15.2 Å². The zero-order valence-corrected chi connectivity index (χ0v) is 18.6. The Labute approximate surface area is 186 Å². The number of nitrogens with one attached hydrogen (secondary N) is 1. The number of piperidine rings is 1.